The monoisotopic (exact) mass is 204 g/mol. The minimum absolute atomic E-state index is 0.140. The second-order valence-corrected chi connectivity index (χ2v) is 3.55. The van der Waals surface area contributed by atoms with Crippen molar-refractivity contribution in [1.82, 2.24) is 0 Å². The van der Waals surface area contributed by atoms with Gasteiger partial charge in [0.25, 0.3) is 0 Å². The van der Waals surface area contributed by atoms with Crippen molar-refractivity contribution in [2.24, 2.45) is 0 Å². The summed E-state index contributed by atoms with van der Waals surface area (Å²) in [6.45, 7) is 5.29. The molecule has 5 heteroatoms. The van der Waals surface area contributed by atoms with Crippen LogP contribution in [-0.2, 0) is 19.1 Å². The summed E-state index contributed by atoms with van der Waals surface area (Å²) >= 11 is 0. The molecule has 0 aliphatic carbocycles. The lowest BCUT2D eigenvalue weighted by atomic mass is 10.0. The molecule has 5 nitrogen and oxygen atoms in total. The molecule has 0 saturated carbocycles. The minimum Gasteiger partial charge on any atom is -0.462 e. The van der Waals surface area contributed by atoms with Gasteiger partial charge in [-0.15, -0.1) is 0 Å². The fourth-order valence-corrected chi connectivity index (χ4v) is 0.776. The summed E-state index contributed by atoms with van der Waals surface area (Å²) in [5.41, 5.74) is -1.23. The SMILES string of the molecule is CC(=O)OC[C@@H](OC(C)=O)C(C)(C)O. The van der Waals surface area contributed by atoms with Gasteiger partial charge in [-0.2, -0.15) is 0 Å². The zero-order chi connectivity index (χ0) is 11.4. The fraction of sp³-hybridized carbons (Fsp3) is 0.778. The van der Waals surface area contributed by atoms with E-state index in [1.54, 1.807) is 0 Å². The van der Waals surface area contributed by atoms with E-state index >= 15 is 0 Å². The third-order valence-corrected chi connectivity index (χ3v) is 1.53. The van der Waals surface area contributed by atoms with Crippen LogP contribution in [0.3, 0.4) is 0 Å². The van der Waals surface area contributed by atoms with Crippen molar-refractivity contribution in [1.29, 1.82) is 0 Å². The summed E-state index contributed by atoms with van der Waals surface area (Å²) in [5, 5.41) is 9.57. The van der Waals surface area contributed by atoms with Gasteiger partial charge in [0.05, 0.1) is 5.60 Å². The van der Waals surface area contributed by atoms with Crippen molar-refractivity contribution < 1.29 is 24.2 Å². The van der Waals surface area contributed by atoms with E-state index in [1.807, 2.05) is 0 Å². The van der Waals surface area contributed by atoms with Gasteiger partial charge in [0.1, 0.15) is 6.61 Å². The van der Waals surface area contributed by atoms with Crippen molar-refractivity contribution in [3.05, 3.63) is 0 Å². The van der Waals surface area contributed by atoms with Crippen LogP contribution >= 0.6 is 0 Å². The predicted molar refractivity (Wildman–Crippen MR) is 48.5 cm³/mol. The minimum atomic E-state index is -1.23. The molecule has 0 heterocycles. The molecule has 0 radical (unpaired) electrons. The molecule has 0 aromatic rings. The highest BCUT2D eigenvalue weighted by molar-refractivity contribution is 5.67. The molecule has 0 aliphatic heterocycles. The highest BCUT2D eigenvalue weighted by Gasteiger charge is 2.30. The molecule has 0 spiro atoms. The summed E-state index contributed by atoms with van der Waals surface area (Å²) in [7, 11) is 0. The van der Waals surface area contributed by atoms with E-state index in [4.69, 9.17) is 4.74 Å². The van der Waals surface area contributed by atoms with Crippen LogP contribution in [0.5, 0.6) is 0 Å². The number of hydrogen-bond donors (Lipinski definition) is 1. The molecule has 82 valence electrons. The normalized spacial score (nSPS) is 13.2. The lowest BCUT2D eigenvalue weighted by Gasteiger charge is -2.27. The molecule has 0 fully saturated rings. The molecule has 0 aromatic carbocycles. The van der Waals surface area contributed by atoms with Gasteiger partial charge in [-0.05, 0) is 13.8 Å². The van der Waals surface area contributed by atoms with Gasteiger partial charge in [0.2, 0.25) is 0 Å². The Balaban J connectivity index is 4.26. The van der Waals surface area contributed by atoms with Gasteiger partial charge in [0, 0.05) is 13.8 Å². The van der Waals surface area contributed by atoms with Crippen LogP contribution in [0.25, 0.3) is 0 Å². The Morgan fingerprint density at radius 1 is 1.29 bits per heavy atom. The standard InChI is InChI=1S/C9H16O5/c1-6(10)13-5-8(9(3,4)12)14-7(2)11/h8,12H,5H2,1-4H3/t8-/m1/s1. The summed E-state index contributed by atoms with van der Waals surface area (Å²) in [5.74, 6) is -1.00. The average molecular weight is 204 g/mol. The highest BCUT2D eigenvalue weighted by Crippen LogP contribution is 2.13. The Bertz CT molecular complexity index is 216. The maximum atomic E-state index is 10.7. The number of hydrogen-bond acceptors (Lipinski definition) is 5. The first-order valence-corrected chi connectivity index (χ1v) is 4.26. The zero-order valence-electron chi connectivity index (χ0n) is 8.86. The first kappa shape index (κ1) is 12.9. The summed E-state index contributed by atoms with van der Waals surface area (Å²) in [4.78, 5) is 21.2. The van der Waals surface area contributed by atoms with Crippen molar-refractivity contribution in [3.8, 4) is 0 Å². The molecule has 0 aliphatic rings. The van der Waals surface area contributed by atoms with Crippen LogP contribution in [0.2, 0.25) is 0 Å². The number of carbonyl (C=O) groups is 2. The van der Waals surface area contributed by atoms with Gasteiger partial charge in [-0.1, -0.05) is 0 Å². The second kappa shape index (κ2) is 4.95. The Morgan fingerprint density at radius 3 is 2.07 bits per heavy atom. The average Bonchev–Trinajstić information content (AvgIpc) is 1.94. The number of aliphatic hydroxyl groups is 1. The van der Waals surface area contributed by atoms with E-state index in [0.717, 1.165) is 0 Å². The second-order valence-electron chi connectivity index (χ2n) is 3.55. The lowest BCUT2D eigenvalue weighted by molar-refractivity contribution is -0.171. The van der Waals surface area contributed by atoms with Crippen molar-refractivity contribution >= 4 is 11.9 Å². The molecular weight excluding hydrogens is 188 g/mol. The van der Waals surface area contributed by atoms with Crippen LogP contribution in [0, 0.1) is 0 Å². The van der Waals surface area contributed by atoms with E-state index in [2.05, 4.69) is 4.74 Å². The maximum Gasteiger partial charge on any atom is 0.303 e. The lowest BCUT2D eigenvalue weighted by Crippen LogP contribution is -2.43. The third kappa shape index (κ3) is 5.53. The van der Waals surface area contributed by atoms with Crippen molar-refractivity contribution in [2.45, 2.75) is 39.4 Å². The Morgan fingerprint density at radius 2 is 1.79 bits per heavy atom. The molecule has 1 N–H and O–H groups in total. The van der Waals surface area contributed by atoms with Crippen LogP contribution in [-0.4, -0.2) is 35.4 Å². The van der Waals surface area contributed by atoms with E-state index < -0.39 is 23.6 Å². The van der Waals surface area contributed by atoms with Gasteiger partial charge < -0.3 is 14.6 Å². The first-order chi connectivity index (χ1) is 6.23. The summed E-state index contributed by atoms with van der Waals surface area (Å²) in [6.07, 6.45) is -0.844. The predicted octanol–water partition coefficient (Wildman–Crippen LogP) is 0.252. The molecule has 1 atom stereocenters. The Kier molecular flexibility index (Phi) is 4.56. The molecule has 0 aromatic heterocycles. The number of ether oxygens (including phenoxy) is 2. The Labute approximate surface area is 83.0 Å². The fourth-order valence-electron chi connectivity index (χ4n) is 0.776. The molecule has 14 heavy (non-hydrogen) atoms. The van der Waals surface area contributed by atoms with E-state index in [1.165, 1.54) is 27.7 Å². The van der Waals surface area contributed by atoms with Crippen LogP contribution in [0.1, 0.15) is 27.7 Å². The van der Waals surface area contributed by atoms with E-state index in [0.29, 0.717) is 0 Å². The number of esters is 2. The maximum absolute atomic E-state index is 10.7. The van der Waals surface area contributed by atoms with Gasteiger partial charge >= 0.3 is 11.9 Å². The third-order valence-electron chi connectivity index (χ3n) is 1.53. The smallest absolute Gasteiger partial charge is 0.303 e. The molecular formula is C9H16O5. The number of rotatable bonds is 4. The summed E-state index contributed by atoms with van der Waals surface area (Å²) in [6, 6.07) is 0. The Hall–Kier alpha value is -1.10. The molecule has 0 saturated heterocycles. The quantitative estimate of drug-likeness (QED) is 0.664. The molecule has 0 rings (SSSR count). The number of carbonyl (C=O) groups excluding carboxylic acids is 2. The van der Waals surface area contributed by atoms with Crippen LogP contribution in [0.4, 0.5) is 0 Å². The molecule has 0 bridgehead atoms. The van der Waals surface area contributed by atoms with Crippen LogP contribution in [0.15, 0.2) is 0 Å². The molecule has 0 unspecified atom stereocenters. The van der Waals surface area contributed by atoms with E-state index in [9.17, 15) is 14.7 Å². The molecule has 0 amide bonds. The largest absolute Gasteiger partial charge is 0.462 e. The topological polar surface area (TPSA) is 72.8 Å². The first-order valence-electron chi connectivity index (χ1n) is 4.26. The van der Waals surface area contributed by atoms with Gasteiger partial charge in [-0.3, -0.25) is 9.59 Å². The van der Waals surface area contributed by atoms with E-state index in [-0.39, 0.29) is 6.61 Å². The summed E-state index contributed by atoms with van der Waals surface area (Å²) < 4.78 is 9.45. The van der Waals surface area contributed by atoms with Gasteiger partial charge in [-0.25, -0.2) is 0 Å². The van der Waals surface area contributed by atoms with Gasteiger partial charge in [0.15, 0.2) is 6.10 Å². The van der Waals surface area contributed by atoms with Crippen molar-refractivity contribution in [2.75, 3.05) is 6.61 Å². The highest BCUT2D eigenvalue weighted by atomic mass is 16.6. The zero-order valence-corrected chi connectivity index (χ0v) is 8.86. The van der Waals surface area contributed by atoms with Crippen molar-refractivity contribution in [3.63, 3.8) is 0 Å². The van der Waals surface area contributed by atoms with Crippen LogP contribution < -0.4 is 0 Å².